The van der Waals surface area contributed by atoms with E-state index in [0.717, 1.165) is 25.9 Å². The first kappa shape index (κ1) is 17.2. The third kappa shape index (κ3) is 7.31. The molecule has 0 aromatic carbocycles. The van der Waals surface area contributed by atoms with Crippen molar-refractivity contribution in [1.82, 2.24) is 0 Å². The van der Waals surface area contributed by atoms with E-state index in [0.29, 0.717) is 5.92 Å². The zero-order chi connectivity index (χ0) is 13.7. The van der Waals surface area contributed by atoms with Gasteiger partial charge in [0.1, 0.15) is 0 Å². The summed E-state index contributed by atoms with van der Waals surface area (Å²) in [5, 5.41) is 0.261. The summed E-state index contributed by atoms with van der Waals surface area (Å²) in [7, 11) is 0. The number of ether oxygens (including phenoxy) is 1. The van der Waals surface area contributed by atoms with E-state index in [2.05, 4.69) is 48.5 Å². The number of alkyl halides is 1. The van der Waals surface area contributed by atoms with Gasteiger partial charge in [0, 0.05) is 5.38 Å². The summed E-state index contributed by atoms with van der Waals surface area (Å²) in [6.07, 6.45) is 3.34. The summed E-state index contributed by atoms with van der Waals surface area (Å²) in [6.45, 7) is 16.3. The van der Waals surface area contributed by atoms with Crippen LogP contribution in [0.25, 0.3) is 0 Å². The van der Waals surface area contributed by atoms with Crippen LogP contribution in [0.5, 0.6) is 0 Å². The van der Waals surface area contributed by atoms with Crippen LogP contribution in [0, 0.1) is 11.3 Å². The summed E-state index contributed by atoms with van der Waals surface area (Å²) in [4.78, 5) is 0. The summed E-state index contributed by atoms with van der Waals surface area (Å²) >= 11 is 6.01. The van der Waals surface area contributed by atoms with E-state index in [9.17, 15) is 0 Å². The number of hydrogen-bond donors (Lipinski definition) is 0. The average Bonchev–Trinajstić information content (AvgIpc) is 2.23. The van der Waals surface area contributed by atoms with E-state index >= 15 is 0 Å². The molecule has 0 radical (unpaired) electrons. The molecule has 0 aromatic rings. The van der Waals surface area contributed by atoms with Crippen molar-refractivity contribution in [2.75, 3.05) is 6.61 Å². The molecule has 0 saturated heterocycles. The minimum atomic E-state index is -0.0292. The molecule has 0 aromatic heterocycles. The van der Waals surface area contributed by atoms with Crippen LogP contribution in [-0.4, -0.2) is 17.6 Å². The Labute approximate surface area is 113 Å². The molecule has 1 nitrogen and oxygen atoms in total. The van der Waals surface area contributed by atoms with Crippen molar-refractivity contribution >= 4 is 11.6 Å². The lowest BCUT2D eigenvalue weighted by Crippen LogP contribution is -2.36. The molecule has 0 bridgehead atoms. The Bertz CT molecular complexity index is 209. The van der Waals surface area contributed by atoms with Crippen molar-refractivity contribution in [3.05, 3.63) is 0 Å². The fourth-order valence-electron chi connectivity index (χ4n) is 1.68. The standard InChI is InChI=1S/C15H31ClO/c1-8-12(2)15(6,7)17-11-14(4,5)10-9-13(3)16/h12-13H,8-11H2,1-7H3. The van der Waals surface area contributed by atoms with E-state index in [-0.39, 0.29) is 16.4 Å². The second-order valence-corrected chi connectivity index (χ2v) is 7.43. The van der Waals surface area contributed by atoms with Gasteiger partial charge in [-0.25, -0.2) is 0 Å². The first-order chi connectivity index (χ1) is 7.60. The second-order valence-electron chi connectivity index (χ2n) is 6.69. The molecule has 0 rings (SSSR count). The van der Waals surface area contributed by atoms with Crippen LogP contribution >= 0.6 is 11.6 Å². The van der Waals surface area contributed by atoms with Gasteiger partial charge >= 0.3 is 0 Å². The third-order valence-corrected chi connectivity index (χ3v) is 4.07. The number of rotatable bonds is 8. The van der Waals surface area contributed by atoms with Crippen molar-refractivity contribution in [2.45, 2.75) is 78.7 Å². The van der Waals surface area contributed by atoms with Gasteiger partial charge in [0.2, 0.25) is 0 Å². The van der Waals surface area contributed by atoms with Gasteiger partial charge < -0.3 is 4.74 Å². The Morgan fingerprint density at radius 3 is 2.06 bits per heavy atom. The van der Waals surface area contributed by atoms with Gasteiger partial charge in [-0.3, -0.25) is 0 Å². The first-order valence-electron chi connectivity index (χ1n) is 6.89. The Hall–Kier alpha value is 0.250. The van der Waals surface area contributed by atoms with Crippen LogP contribution in [0.2, 0.25) is 0 Å². The van der Waals surface area contributed by atoms with Gasteiger partial charge in [-0.05, 0) is 44.9 Å². The molecular weight excluding hydrogens is 232 g/mol. The number of halogens is 1. The van der Waals surface area contributed by atoms with E-state index in [1.807, 2.05) is 0 Å². The lowest BCUT2D eigenvalue weighted by Gasteiger charge is -2.36. The molecular formula is C15H31ClO. The Morgan fingerprint density at radius 2 is 1.65 bits per heavy atom. The molecule has 0 amide bonds. The van der Waals surface area contributed by atoms with E-state index in [4.69, 9.17) is 16.3 Å². The van der Waals surface area contributed by atoms with E-state index in [1.54, 1.807) is 0 Å². The highest BCUT2D eigenvalue weighted by Gasteiger charge is 2.28. The molecule has 104 valence electrons. The van der Waals surface area contributed by atoms with E-state index in [1.165, 1.54) is 0 Å². The predicted octanol–water partition coefficient (Wildman–Crippen LogP) is 5.26. The van der Waals surface area contributed by atoms with Crippen molar-refractivity contribution in [1.29, 1.82) is 0 Å². The second kappa shape index (κ2) is 6.99. The lowest BCUT2D eigenvalue weighted by atomic mass is 9.86. The molecule has 0 aliphatic rings. The summed E-state index contributed by atoms with van der Waals surface area (Å²) in [6, 6.07) is 0. The SMILES string of the molecule is CCC(C)C(C)(C)OCC(C)(C)CCC(C)Cl. The maximum atomic E-state index is 6.14. The van der Waals surface area contributed by atoms with Gasteiger partial charge in [0.25, 0.3) is 0 Å². The minimum absolute atomic E-state index is 0.0292. The number of hydrogen-bond acceptors (Lipinski definition) is 1. The monoisotopic (exact) mass is 262 g/mol. The fraction of sp³-hybridized carbons (Fsp3) is 1.00. The molecule has 0 heterocycles. The van der Waals surface area contributed by atoms with Gasteiger partial charge in [-0.15, -0.1) is 11.6 Å². The van der Waals surface area contributed by atoms with E-state index < -0.39 is 0 Å². The lowest BCUT2D eigenvalue weighted by molar-refractivity contribution is -0.0874. The molecule has 0 fully saturated rings. The van der Waals surface area contributed by atoms with Gasteiger partial charge in [0.05, 0.1) is 12.2 Å². The maximum absolute atomic E-state index is 6.14. The molecule has 0 aliphatic carbocycles. The highest BCUT2D eigenvalue weighted by molar-refractivity contribution is 6.20. The topological polar surface area (TPSA) is 9.23 Å². The van der Waals surface area contributed by atoms with Gasteiger partial charge in [-0.2, -0.15) is 0 Å². The van der Waals surface area contributed by atoms with Crippen molar-refractivity contribution in [3.8, 4) is 0 Å². The minimum Gasteiger partial charge on any atom is -0.375 e. The smallest absolute Gasteiger partial charge is 0.0652 e. The third-order valence-electron chi connectivity index (χ3n) is 3.85. The van der Waals surface area contributed by atoms with Crippen LogP contribution in [0.3, 0.4) is 0 Å². The Balaban J connectivity index is 4.16. The maximum Gasteiger partial charge on any atom is 0.0652 e. The molecule has 17 heavy (non-hydrogen) atoms. The normalized spacial score (nSPS) is 16.9. The predicted molar refractivity (Wildman–Crippen MR) is 77.8 cm³/mol. The van der Waals surface area contributed by atoms with Crippen molar-refractivity contribution in [2.24, 2.45) is 11.3 Å². The highest BCUT2D eigenvalue weighted by Crippen LogP contribution is 2.30. The quantitative estimate of drug-likeness (QED) is 0.542. The van der Waals surface area contributed by atoms with Crippen LogP contribution < -0.4 is 0 Å². The highest BCUT2D eigenvalue weighted by atomic mass is 35.5. The zero-order valence-electron chi connectivity index (χ0n) is 12.8. The summed E-state index contributed by atoms with van der Waals surface area (Å²) in [5.41, 5.74) is 0.187. The molecule has 0 N–H and O–H groups in total. The summed E-state index contributed by atoms with van der Waals surface area (Å²) in [5.74, 6) is 0.588. The van der Waals surface area contributed by atoms with Crippen LogP contribution in [-0.2, 0) is 4.74 Å². The van der Waals surface area contributed by atoms with Crippen molar-refractivity contribution < 1.29 is 4.74 Å². The molecule has 2 atom stereocenters. The largest absolute Gasteiger partial charge is 0.375 e. The molecule has 0 saturated carbocycles. The van der Waals surface area contributed by atoms with Gasteiger partial charge in [-0.1, -0.05) is 34.1 Å². The zero-order valence-corrected chi connectivity index (χ0v) is 13.5. The average molecular weight is 263 g/mol. The molecule has 2 unspecified atom stereocenters. The summed E-state index contributed by atoms with van der Waals surface area (Å²) < 4.78 is 6.14. The first-order valence-corrected chi connectivity index (χ1v) is 7.32. The molecule has 0 spiro atoms. The molecule has 2 heteroatoms. The van der Waals surface area contributed by atoms with Crippen LogP contribution in [0.15, 0.2) is 0 Å². The Kier molecular flexibility index (Phi) is 7.09. The van der Waals surface area contributed by atoms with Gasteiger partial charge in [0.15, 0.2) is 0 Å². The molecule has 0 aliphatic heterocycles. The van der Waals surface area contributed by atoms with Crippen LogP contribution in [0.1, 0.15) is 67.7 Å². The Morgan fingerprint density at radius 1 is 1.12 bits per heavy atom. The fourth-order valence-corrected chi connectivity index (χ4v) is 1.79. The van der Waals surface area contributed by atoms with Crippen molar-refractivity contribution in [3.63, 3.8) is 0 Å². The van der Waals surface area contributed by atoms with Crippen LogP contribution in [0.4, 0.5) is 0 Å².